The standard InChI is InChI=1S/C12H19N5O2S/c1-4-13-10-9(17(18)19)11(16-12(15-10)20-3)14-7(2)8-5-6-8/h7-8H,4-6H2,1-3H3,(H2,13,14,15,16). The van der Waals surface area contributed by atoms with E-state index in [1.165, 1.54) is 24.6 Å². The van der Waals surface area contributed by atoms with Crippen molar-refractivity contribution in [2.75, 3.05) is 23.4 Å². The molecule has 1 aromatic rings. The van der Waals surface area contributed by atoms with E-state index in [-0.39, 0.29) is 17.5 Å². The number of hydrogen-bond acceptors (Lipinski definition) is 7. The quantitative estimate of drug-likeness (QED) is 0.346. The first-order chi connectivity index (χ1) is 9.56. The van der Waals surface area contributed by atoms with Gasteiger partial charge in [-0.15, -0.1) is 0 Å². The summed E-state index contributed by atoms with van der Waals surface area (Å²) in [6, 6.07) is 0.188. The molecule has 0 aliphatic heterocycles. The van der Waals surface area contributed by atoms with E-state index in [0.29, 0.717) is 23.4 Å². The predicted molar refractivity (Wildman–Crippen MR) is 80.4 cm³/mol. The molecule has 0 bridgehead atoms. The highest BCUT2D eigenvalue weighted by Gasteiger charge is 2.31. The van der Waals surface area contributed by atoms with Crippen molar-refractivity contribution >= 4 is 29.1 Å². The highest BCUT2D eigenvalue weighted by Crippen LogP contribution is 2.37. The Hall–Kier alpha value is -1.57. The third kappa shape index (κ3) is 3.30. The lowest BCUT2D eigenvalue weighted by molar-refractivity contribution is -0.383. The van der Waals surface area contributed by atoms with Crippen LogP contribution in [-0.2, 0) is 0 Å². The van der Waals surface area contributed by atoms with Crippen LogP contribution >= 0.6 is 11.8 Å². The maximum absolute atomic E-state index is 11.3. The number of hydrogen-bond donors (Lipinski definition) is 2. The van der Waals surface area contributed by atoms with Crippen LogP contribution in [0.2, 0.25) is 0 Å². The number of nitro groups is 1. The second-order valence-electron chi connectivity index (χ2n) is 4.81. The minimum absolute atomic E-state index is 0.0721. The molecule has 1 saturated carbocycles. The fourth-order valence-electron chi connectivity index (χ4n) is 2.02. The molecule has 2 rings (SSSR count). The summed E-state index contributed by atoms with van der Waals surface area (Å²) in [4.78, 5) is 19.4. The first-order valence-corrected chi connectivity index (χ1v) is 7.90. The Morgan fingerprint density at radius 1 is 1.45 bits per heavy atom. The average Bonchev–Trinajstić information content (AvgIpc) is 3.22. The first-order valence-electron chi connectivity index (χ1n) is 6.67. The summed E-state index contributed by atoms with van der Waals surface area (Å²) >= 11 is 1.37. The van der Waals surface area contributed by atoms with E-state index >= 15 is 0 Å². The van der Waals surface area contributed by atoms with Crippen LogP contribution in [0.4, 0.5) is 17.3 Å². The number of nitrogens with one attached hydrogen (secondary N) is 2. The van der Waals surface area contributed by atoms with Gasteiger partial charge in [0.1, 0.15) is 0 Å². The smallest absolute Gasteiger partial charge is 0.353 e. The fourth-order valence-corrected chi connectivity index (χ4v) is 2.38. The predicted octanol–water partition coefficient (Wildman–Crippen LogP) is 2.75. The van der Waals surface area contributed by atoms with Crippen LogP contribution in [0.1, 0.15) is 26.7 Å². The van der Waals surface area contributed by atoms with Gasteiger partial charge in [0.05, 0.1) is 4.92 Å². The van der Waals surface area contributed by atoms with Crippen LogP contribution in [-0.4, -0.2) is 33.7 Å². The van der Waals surface area contributed by atoms with Crippen molar-refractivity contribution in [1.29, 1.82) is 0 Å². The van der Waals surface area contributed by atoms with Gasteiger partial charge in [0.15, 0.2) is 5.16 Å². The molecule has 0 saturated heterocycles. The minimum Gasteiger partial charge on any atom is -0.364 e. The van der Waals surface area contributed by atoms with Crippen molar-refractivity contribution in [2.45, 2.75) is 37.9 Å². The molecule has 1 fully saturated rings. The third-order valence-corrected chi connectivity index (χ3v) is 3.81. The van der Waals surface area contributed by atoms with E-state index in [1.54, 1.807) is 0 Å². The zero-order chi connectivity index (χ0) is 14.7. The molecule has 2 N–H and O–H groups in total. The maximum atomic E-state index is 11.3. The summed E-state index contributed by atoms with van der Waals surface area (Å²) in [5, 5.41) is 18.0. The van der Waals surface area contributed by atoms with Crippen molar-refractivity contribution in [3.63, 3.8) is 0 Å². The van der Waals surface area contributed by atoms with Gasteiger partial charge in [0.2, 0.25) is 11.6 Å². The van der Waals surface area contributed by atoms with Crippen LogP contribution in [0.25, 0.3) is 0 Å². The lowest BCUT2D eigenvalue weighted by atomic mass is 10.2. The average molecular weight is 297 g/mol. The summed E-state index contributed by atoms with van der Waals surface area (Å²) in [6.45, 7) is 4.49. The largest absolute Gasteiger partial charge is 0.364 e. The van der Waals surface area contributed by atoms with E-state index in [0.717, 1.165) is 0 Å². The molecule has 0 aromatic carbocycles. The number of aromatic nitrogens is 2. The summed E-state index contributed by atoms with van der Waals surface area (Å²) in [7, 11) is 0. The van der Waals surface area contributed by atoms with Crippen LogP contribution in [0, 0.1) is 16.0 Å². The Bertz CT molecular complexity index is 507. The van der Waals surface area contributed by atoms with E-state index in [4.69, 9.17) is 0 Å². The van der Waals surface area contributed by atoms with Crippen molar-refractivity contribution in [3.8, 4) is 0 Å². The highest BCUT2D eigenvalue weighted by molar-refractivity contribution is 7.98. The monoisotopic (exact) mass is 297 g/mol. The molecule has 0 radical (unpaired) electrons. The van der Waals surface area contributed by atoms with Gasteiger partial charge >= 0.3 is 5.69 Å². The molecule has 1 atom stereocenters. The Morgan fingerprint density at radius 3 is 2.60 bits per heavy atom. The van der Waals surface area contributed by atoms with Gasteiger partial charge in [0.25, 0.3) is 0 Å². The lowest BCUT2D eigenvalue weighted by Crippen LogP contribution is -2.20. The topological polar surface area (TPSA) is 93.0 Å². The zero-order valence-electron chi connectivity index (χ0n) is 11.8. The Kier molecular flexibility index (Phi) is 4.64. The van der Waals surface area contributed by atoms with Gasteiger partial charge in [-0.25, -0.2) is 0 Å². The van der Waals surface area contributed by atoms with Crippen LogP contribution in [0.15, 0.2) is 5.16 Å². The van der Waals surface area contributed by atoms with Crippen LogP contribution in [0.5, 0.6) is 0 Å². The van der Waals surface area contributed by atoms with Gasteiger partial charge < -0.3 is 10.6 Å². The van der Waals surface area contributed by atoms with Crippen LogP contribution in [0.3, 0.4) is 0 Å². The van der Waals surface area contributed by atoms with E-state index < -0.39 is 4.92 Å². The second kappa shape index (κ2) is 6.25. The molecule has 1 aromatic heterocycles. The normalized spacial score (nSPS) is 15.8. The van der Waals surface area contributed by atoms with Gasteiger partial charge in [-0.1, -0.05) is 11.8 Å². The van der Waals surface area contributed by atoms with Crippen molar-refractivity contribution in [3.05, 3.63) is 10.1 Å². The van der Waals surface area contributed by atoms with Crippen molar-refractivity contribution < 1.29 is 4.92 Å². The molecule has 20 heavy (non-hydrogen) atoms. The van der Waals surface area contributed by atoms with Gasteiger partial charge in [0, 0.05) is 12.6 Å². The fraction of sp³-hybridized carbons (Fsp3) is 0.667. The molecule has 7 nitrogen and oxygen atoms in total. The van der Waals surface area contributed by atoms with E-state index in [1.807, 2.05) is 20.1 Å². The lowest BCUT2D eigenvalue weighted by Gasteiger charge is -2.15. The molecule has 8 heteroatoms. The van der Waals surface area contributed by atoms with Gasteiger partial charge in [-0.3, -0.25) is 10.1 Å². The molecule has 110 valence electrons. The van der Waals surface area contributed by atoms with Gasteiger partial charge in [-0.05, 0) is 38.9 Å². The Morgan fingerprint density at radius 2 is 2.10 bits per heavy atom. The van der Waals surface area contributed by atoms with Crippen LogP contribution < -0.4 is 10.6 Å². The Labute approximate surface area is 122 Å². The summed E-state index contributed by atoms with van der Waals surface area (Å²) in [5.74, 6) is 1.18. The number of thioether (sulfide) groups is 1. The van der Waals surface area contributed by atoms with Crippen molar-refractivity contribution in [1.82, 2.24) is 9.97 Å². The number of anilines is 2. The summed E-state index contributed by atoms with van der Waals surface area (Å²) in [5.41, 5.74) is -0.0721. The zero-order valence-corrected chi connectivity index (χ0v) is 12.7. The summed E-state index contributed by atoms with van der Waals surface area (Å²) < 4.78 is 0. The molecule has 1 unspecified atom stereocenters. The minimum atomic E-state index is -0.427. The number of nitrogens with zero attached hydrogens (tertiary/aromatic N) is 3. The first kappa shape index (κ1) is 14.8. The molecular weight excluding hydrogens is 278 g/mol. The second-order valence-corrected chi connectivity index (χ2v) is 5.59. The van der Waals surface area contributed by atoms with E-state index in [2.05, 4.69) is 20.6 Å². The molecule has 0 spiro atoms. The number of rotatable bonds is 7. The van der Waals surface area contributed by atoms with Gasteiger partial charge in [-0.2, -0.15) is 9.97 Å². The highest BCUT2D eigenvalue weighted by atomic mass is 32.2. The SMILES string of the molecule is CCNc1nc(SC)nc(NC(C)C2CC2)c1[N+](=O)[O-]. The molecule has 1 heterocycles. The molecule has 1 aliphatic rings. The molecule has 1 aliphatic carbocycles. The Balaban J connectivity index is 2.38. The van der Waals surface area contributed by atoms with Crippen molar-refractivity contribution in [2.24, 2.45) is 5.92 Å². The maximum Gasteiger partial charge on any atom is 0.353 e. The molecular formula is C12H19N5O2S. The molecule has 0 amide bonds. The van der Waals surface area contributed by atoms with E-state index in [9.17, 15) is 10.1 Å². The summed E-state index contributed by atoms with van der Waals surface area (Å²) in [6.07, 6.45) is 4.19. The third-order valence-electron chi connectivity index (χ3n) is 3.27.